The van der Waals surface area contributed by atoms with Crippen molar-refractivity contribution >= 4 is 0 Å². The van der Waals surface area contributed by atoms with Gasteiger partial charge < -0.3 is 4.74 Å². The average Bonchev–Trinajstić information content (AvgIpc) is 2.28. The normalized spacial score (nSPS) is 9.62. The van der Waals surface area contributed by atoms with Crippen LogP contribution in [0.2, 0.25) is 0 Å². The fourth-order valence-corrected chi connectivity index (χ4v) is 1.29. The van der Waals surface area contributed by atoms with Crippen molar-refractivity contribution < 1.29 is 13.5 Å². The van der Waals surface area contributed by atoms with E-state index in [-0.39, 0.29) is 23.4 Å². The summed E-state index contributed by atoms with van der Waals surface area (Å²) < 4.78 is 30.3. The van der Waals surface area contributed by atoms with Crippen LogP contribution in [0.4, 0.5) is 8.78 Å². The first kappa shape index (κ1) is 11.9. The average molecular weight is 223 g/mol. The molecule has 82 valence electrons. The first-order chi connectivity index (χ1) is 7.65. The van der Waals surface area contributed by atoms with E-state index in [1.807, 2.05) is 6.07 Å². The zero-order chi connectivity index (χ0) is 12.1. The molecule has 1 heterocycles. The van der Waals surface area contributed by atoms with Crippen molar-refractivity contribution in [3.63, 3.8) is 0 Å². The van der Waals surface area contributed by atoms with E-state index in [1.54, 1.807) is 6.07 Å². The van der Waals surface area contributed by atoms with Gasteiger partial charge in [-0.05, 0) is 0 Å². The molecule has 0 aliphatic carbocycles. The van der Waals surface area contributed by atoms with Gasteiger partial charge in [-0.2, -0.15) is 10.5 Å². The summed E-state index contributed by atoms with van der Waals surface area (Å²) in [6.45, 7) is 0. The molecule has 0 saturated heterocycles. The van der Waals surface area contributed by atoms with Crippen LogP contribution >= 0.6 is 0 Å². The number of nitrogens with zero attached hydrogens (tertiary/aromatic N) is 3. The molecule has 0 spiro atoms. The van der Waals surface area contributed by atoms with Gasteiger partial charge in [0.05, 0.1) is 25.2 Å². The molecule has 1 aromatic rings. The highest BCUT2D eigenvalue weighted by molar-refractivity contribution is 5.48. The monoisotopic (exact) mass is 223 g/mol. The Morgan fingerprint density at radius 2 is 2.19 bits per heavy atom. The van der Waals surface area contributed by atoms with Gasteiger partial charge in [-0.25, -0.2) is 13.8 Å². The SMILES string of the molecule is COc1c(CC#N)cnc(C#N)c1C(F)F. The third-order valence-corrected chi connectivity index (χ3v) is 1.94. The van der Waals surface area contributed by atoms with Gasteiger partial charge in [0.1, 0.15) is 11.8 Å². The predicted molar refractivity (Wildman–Crippen MR) is 49.8 cm³/mol. The lowest BCUT2D eigenvalue weighted by molar-refractivity contribution is 0.146. The molecule has 0 unspecified atom stereocenters. The summed E-state index contributed by atoms with van der Waals surface area (Å²) in [5.41, 5.74) is -0.689. The van der Waals surface area contributed by atoms with E-state index in [0.29, 0.717) is 0 Å². The summed E-state index contributed by atoms with van der Waals surface area (Å²) >= 11 is 0. The number of hydrogen-bond acceptors (Lipinski definition) is 4. The summed E-state index contributed by atoms with van der Waals surface area (Å²) in [6.07, 6.45) is -1.76. The number of methoxy groups -OCH3 is 1. The van der Waals surface area contributed by atoms with Crippen molar-refractivity contribution in [3.05, 3.63) is 23.0 Å². The molecular formula is C10H7F2N3O. The minimum Gasteiger partial charge on any atom is -0.496 e. The summed E-state index contributed by atoms with van der Waals surface area (Å²) in [5, 5.41) is 17.2. The molecule has 6 heteroatoms. The second-order valence-corrected chi connectivity index (χ2v) is 2.83. The number of pyridine rings is 1. The quantitative estimate of drug-likeness (QED) is 0.785. The second-order valence-electron chi connectivity index (χ2n) is 2.83. The Kier molecular flexibility index (Phi) is 3.73. The number of alkyl halides is 2. The maximum atomic E-state index is 12.7. The third kappa shape index (κ3) is 2.06. The smallest absolute Gasteiger partial charge is 0.270 e. The Morgan fingerprint density at radius 1 is 1.50 bits per heavy atom. The highest BCUT2D eigenvalue weighted by Crippen LogP contribution is 2.33. The molecular weight excluding hydrogens is 216 g/mol. The Morgan fingerprint density at radius 3 is 2.62 bits per heavy atom. The maximum absolute atomic E-state index is 12.7. The highest BCUT2D eigenvalue weighted by Gasteiger charge is 2.23. The highest BCUT2D eigenvalue weighted by atomic mass is 19.3. The fourth-order valence-electron chi connectivity index (χ4n) is 1.29. The van der Waals surface area contributed by atoms with Crippen LogP contribution in [-0.2, 0) is 6.42 Å². The lowest BCUT2D eigenvalue weighted by atomic mass is 10.1. The van der Waals surface area contributed by atoms with Crippen LogP contribution in [0.15, 0.2) is 6.20 Å². The van der Waals surface area contributed by atoms with Crippen LogP contribution in [0.5, 0.6) is 5.75 Å². The van der Waals surface area contributed by atoms with Gasteiger partial charge in [0.2, 0.25) is 0 Å². The lowest BCUT2D eigenvalue weighted by Gasteiger charge is -2.11. The van der Waals surface area contributed by atoms with Crippen molar-refractivity contribution in [1.82, 2.24) is 4.98 Å². The number of halogens is 2. The number of ether oxygens (including phenoxy) is 1. The van der Waals surface area contributed by atoms with Gasteiger partial charge in [-0.15, -0.1) is 0 Å². The minimum atomic E-state index is -2.87. The van der Waals surface area contributed by atoms with Crippen LogP contribution < -0.4 is 4.74 Å². The molecule has 0 N–H and O–H groups in total. The predicted octanol–water partition coefficient (Wildman–Crippen LogP) is 1.97. The van der Waals surface area contributed by atoms with Crippen LogP contribution in [0, 0.1) is 22.7 Å². The first-order valence-electron chi connectivity index (χ1n) is 4.26. The fraction of sp³-hybridized carbons (Fsp3) is 0.300. The molecule has 1 rings (SSSR count). The molecule has 0 amide bonds. The van der Waals surface area contributed by atoms with E-state index in [0.717, 1.165) is 0 Å². The van der Waals surface area contributed by atoms with Gasteiger partial charge in [-0.3, -0.25) is 0 Å². The van der Waals surface area contributed by atoms with Crippen molar-refractivity contribution in [3.8, 4) is 17.9 Å². The van der Waals surface area contributed by atoms with Crippen molar-refractivity contribution in [2.45, 2.75) is 12.8 Å². The van der Waals surface area contributed by atoms with Crippen LogP contribution in [-0.4, -0.2) is 12.1 Å². The molecule has 0 fully saturated rings. The molecule has 0 bridgehead atoms. The first-order valence-corrected chi connectivity index (χ1v) is 4.26. The van der Waals surface area contributed by atoms with Gasteiger partial charge in [0.15, 0.2) is 5.69 Å². The molecule has 1 aromatic heterocycles. The van der Waals surface area contributed by atoms with Gasteiger partial charge in [0, 0.05) is 11.8 Å². The lowest BCUT2D eigenvalue weighted by Crippen LogP contribution is -2.03. The standard InChI is InChI=1S/C10H7F2N3O/c1-16-9-6(2-3-13)5-15-7(4-14)8(9)10(11)12/h5,10H,2H2,1H3. The zero-order valence-corrected chi connectivity index (χ0v) is 8.37. The van der Waals surface area contributed by atoms with E-state index in [1.165, 1.54) is 13.3 Å². The van der Waals surface area contributed by atoms with Gasteiger partial charge in [0.25, 0.3) is 6.43 Å². The van der Waals surface area contributed by atoms with E-state index in [9.17, 15) is 8.78 Å². The third-order valence-electron chi connectivity index (χ3n) is 1.94. The molecule has 0 aliphatic rings. The van der Waals surface area contributed by atoms with Crippen molar-refractivity contribution in [1.29, 1.82) is 10.5 Å². The summed E-state index contributed by atoms with van der Waals surface area (Å²) in [4.78, 5) is 3.57. The van der Waals surface area contributed by atoms with Gasteiger partial charge >= 0.3 is 0 Å². The maximum Gasteiger partial charge on any atom is 0.270 e. The largest absolute Gasteiger partial charge is 0.496 e. The molecule has 0 saturated carbocycles. The molecule has 0 radical (unpaired) electrons. The number of hydrogen-bond donors (Lipinski definition) is 0. The summed E-state index contributed by atoms with van der Waals surface area (Å²) in [6, 6.07) is 3.38. The van der Waals surface area contributed by atoms with Crippen molar-refractivity contribution in [2.75, 3.05) is 7.11 Å². The number of rotatable bonds is 3. The number of nitriles is 2. The van der Waals surface area contributed by atoms with E-state index >= 15 is 0 Å². The topological polar surface area (TPSA) is 69.7 Å². The summed E-state index contributed by atoms with van der Waals surface area (Å²) in [7, 11) is 1.21. The number of aromatic nitrogens is 1. The Bertz CT molecular complexity index is 474. The van der Waals surface area contributed by atoms with Crippen LogP contribution in [0.25, 0.3) is 0 Å². The molecule has 0 aromatic carbocycles. The van der Waals surface area contributed by atoms with E-state index in [2.05, 4.69) is 4.98 Å². The van der Waals surface area contributed by atoms with E-state index in [4.69, 9.17) is 15.3 Å². The van der Waals surface area contributed by atoms with Crippen LogP contribution in [0.1, 0.15) is 23.2 Å². The van der Waals surface area contributed by atoms with Gasteiger partial charge in [-0.1, -0.05) is 0 Å². The summed E-state index contributed by atoms with van der Waals surface area (Å²) in [5.74, 6) is -0.136. The zero-order valence-electron chi connectivity index (χ0n) is 8.37. The van der Waals surface area contributed by atoms with Crippen LogP contribution in [0.3, 0.4) is 0 Å². The molecule has 16 heavy (non-hydrogen) atoms. The molecule has 4 nitrogen and oxygen atoms in total. The second kappa shape index (κ2) is 5.04. The Labute approximate surface area is 90.7 Å². The Balaban J connectivity index is 3.46. The Hall–Kier alpha value is -2.21. The van der Waals surface area contributed by atoms with Crippen molar-refractivity contribution in [2.24, 2.45) is 0 Å². The minimum absolute atomic E-state index is 0.0956. The molecule has 0 aliphatic heterocycles. The molecule has 0 atom stereocenters. The van der Waals surface area contributed by atoms with E-state index < -0.39 is 12.0 Å².